The zero-order valence-electron chi connectivity index (χ0n) is 9.34. The Hall–Kier alpha value is -0.855. The van der Waals surface area contributed by atoms with Crippen molar-refractivity contribution < 1.29 is 4.39 Å². The molecule has 0 N–H and O–H groups in total. The van der Waals surface area contributed by atoms with E-state index in [4.69, 9.17) is 0 Å². The molecule has 0 saturated carbocycles. The molecule has 0 amide bonds. The topological polar surface area (TPSA) is 12.9 Å². The van der Waals surface area contributed by atoms with Crippen molar-refractivity contribution in [3.8, 4) is 0 Å². The van der Waals surface area contributed by atoms with E-state index in [1.165, 1.54) is 5.56 Å². The van der Waals surface area contributed by atoms with E-state index in [2.05, 4.69) is 24.9 Å². The second-order valence-electron chi connectivity index (χ2n) is 4.16. The average Bonchev–Trinajstić information content (AvgIpc) is 2.07. The van der Waals surface area contributed by atoms with E-state index < -0.39 is 6.07 Å². The maximum atomic E-state index is 12.9. The van der Waals surface area contributed by atoms with Gasteiger partial charge >= 0.3 is 0 Å². The van der Waals surface area contributed by atoms with Crippen LogP contribution < -0.4 is 0 Å². The molecule has 0 spiro atoms. The summed E-state index contributed by atoms with van der Waals surface area (Å²) in [6, 6.07) is 2.06. The molecule has 0 bridgehead atoms. The second-order valence-corrected chi connectivity index (χ2v) is 4.16. The first-order chi connectivity index (χ1) is 6.50. The predicted octanol–water partition coefficient (Wildman–Crippen LogP) is 1.98. The predicted molar refractivity (Wildman–Crippen MR) is 60.2 cm³/mol. The number of rotatable bonds is 3. The van der Waals surface area contributed by atoms with Gasteiger partial charge in [-0.2, -0.15) is 0 Å². The highest BCUT2D eigenvalue weighted by atomic mass is 19.1. The van der Waals surface area contributed by atoms with Crippen LogP contribution in [0.25, 0.3) is 0 Å². The molecule has 0 aromatic carbocycles. The minimum Gasteiger partial charge on any atom is -0.261 e. The van der Waals surface area contributed by atoms with Crippen molar-refractivity contribution in [2.45, 2.75) is 39.2 Å². The highest BCUT2D eigenvalue weighted by Gasteiger charge is 2.10. The van der Waals surface area contributed by atoms with Gasteiger partial charge in [-0.1, -0.05) is 13.8 Å². The highest BCUT2D eigenvalue weighted by molar-refractivity contribution is 6.11. The van der Waals surface area contributed by atoms with Crippen LogP contribution in [0.15, 0.2) is 12.3 Å². The van der Waals surface area contributed by atoms with Gasteiger partial charge in [0, 0.05) is 11.9 Å². The van der Waals surface area contributed by atoms with Crippen molar-refractivity contribution in [2.24, 2.45) is 0 Å². The summed E-state index contributed by atoms with van der Waals surface area (Å²) in [5.74, 6) is 0.436. The van der Waals surface area contributed by atoms with Crippen LogP contribution in [0.5, 0.6) is 0 Å². The third kappa shape index (κ3) is 2.83. The lowest BCUT2D eigenvalue weighted by Crippen LogP contribution is -2.08. The van der Waals surface area contributed by atoms with Crippen molar-refractivity contribution in [3.63, 3.8) is 0 Å². The minimum absolute atomic E-state index is 0.436. The minimum atomic E-state index is -0.794. The SMILES string of the molecule is BC(F)Cc1cnc(C)cc1C(C)C. The summed E-state index contributed by atoms with van der Waals surface area (Å²) in [5.41, 5.74) is 3.27. The molecule has 14 heavy (non-hydrogen) atoms. The second kappa shape index (κ2) is 4.58. The largest absolute Gasteiger partial charge is 0.261 e. The van der Waals surface area contributed by atoms with Gasteiger partial charge in [0.2, 0.25) is 0 Å². The quantitative estimate of drug-likeness (QED) is 0.669. The fourth-order valence-corrected chi connectivity index (χ4v) is 1.62. The molecule has 76 valence electrons. The number of halogens is 1. The van der Waals surface area contributed by atoms with E-state index in [0.717, 1.165) is 11.3 Å². The zero-order valence-corrected chi connectivity index (χ0v) is 9.34. The number of aryl methyl sites for hydroxylation is 1. The summed E-state index contributed by atoms with van der Waals surface area (Å²) in [4.78, 5) is 4.21. The van der Waals surface area contributed by atoms with E-state index >= 15 is 0 Å². The number of nitrogens with zero attached hydrogens (tertiary/aromatic N) is 1. The van der Waals surface area contributed by atoms with Gasteiger partial charge in [0.05, 0.1) is 6.07 Å². The molecule has 1 heterocycles. The highest BCUT2D eigenvalue weighted by Crippen LogP contribution is 2.20. The number of hydrogen-bond donors (Lipinski definition) is 0. The summed E-state index contributed by atoms with van der Waals surface area (Å²) >= 11 is 0. The van der Waals surface area contributed by atoms with Crippen LogP contribution in [0.1, 0.15) is 36.6 Å². The molecule has 0 aliphatic heterocycles. The van der Waals surface area contributed by atoms with Crippen LogP contribution in [0.4, 0.5) is 4.39 Å². The van der Waals surface area contributed by atoms with Gasteiger partial charge < -0.3 is 0 Å². The lowest BCUT2D eigenvalue weighted by molar-refractivity contribution is 0.440. The molecule has 3 heteroatoms. The molecule has 0 aliphatic rings. The fourth-order valence-electron chi connectivity index (χ4n) is 1.62. The Kier molecular flexibility index (Phi) is 3.67. The van der Waals surface area contributed by atoms with Gasteiger partial charge in [-0.25, -0.2) is 0 Å². The molecule has 0 fully saturated rings. The smallest absolute Gasteiger partial charge is 0.146 e. The average molecular weight is 193 g/mol. The fraction of sp³-hybridized carbons (Fsp3) is 0.545. The van der Waals surface area contributed by atoms with Crippen molar-refractivity contribution in [1.82, 2.24) is 4.98 Å². The molecular formula is C11H17BFN. The molecule has 1 atom stereocenters. The first-order valence-corrected chi connectivity index (χ1v) is 5.10. The van der Waals surface area contributed by atoms with Gasteiger partial charge in [-0.05, 0) is 36.5 Å². The summed E-state index contributed by atoms with van der Waals surface area (Å²) in [6.07, 6.45) is 1.48. The van der Waals surface area contributed by atoms with Gasteiger partial charge in [0.1, 0.15) is 7.85 Å². The number of aromatic nitrogens is 1. The molecule has 1 nitrogen and oxygen atoms in total. The van der Waals surface area contributed by atoms with Crippen LogP contribution in [0.3, 0.4) is 0 Å². The number of hydrogen-bond acceptors (Lipinski definition) is 1. The van der Waals surface area contributed by atoms with Gasteiger partial charge in [-0.15, -0.1) is 0 Å². The first-order valence-electron chi connectivity index (χ1n) is 5.10. The normalized spacial score (nSPS) is 13.2. The van der Waals surface area contributed by atoms with E-state index in [9.17, 15) is 4.39 Å². The van der Waals surface area contributed by atoms with Crippen molar-refractivity contribution in [1.29, 1.82) is 0 Å². The summed E-state index contributed by atoms with van der Waals surface area (Å²) < 4.78 is 12.9. The van der Waals surface area contributed by atoms with Crippen LogP contribution in [0, 0.1) is 6.92 Å². The maximum Gasteiger partial charge on any atom is 0.146 e. The molecule has 1 aromatic rings. The molecule has 0 saturated heterocycles. The summed E-state index contributed by atoms with van der Waals surface area (Å²) in [6.45, 7) is 6.22. The van der Waals surface area contributed by atoms with Crippen molar-refractivity contribution in [3.05, 3.63) is 29.1 Å². The zero-order chi connectivity index (χ0) is 10.7. The van der Waals surface area contributed by atoms with Crippen molar-refractivity contribution >= 4 is 7.85 Å². The van der Waals surface area contributed by atoms with Crippen LogP contribution in [0.2, 0.25) is 0 Å². The van der Waals surface area contributed by atoms with Crippen molar-refractivity contribution in [2.75, 3.05) is 0 Å². The van der Waals surface area contributed by atoms with Crippen LogP contribution in [-0.2, 0) is 6.42 Å². The van der Waals surface area contributed by atoms with Gasteiger partial charge in [0.15, 0.2) is 0 Å². The Bertz CT molecular complexity index is 310. The Morgan fingerprint density at radius 1 is 1.50 bits per heavy atom. The third-order valence-electron chi connectivity index (χ3n) is 2.28. The Morgan fingerprint density at radius 2 is 2.14 bits per heavy atom. The number of pyridine rings is 1. The Labute approximate surface area is 86.2 Å². The van der Waals surface area contributed by atoms with Crippen LogP contribution in [-0.4, -0.2) is 18.9 Å². The molecule has 0 radical (unpaired) electrons. The number of alkyl halides is 1. The Balaban J connectivity index is 3.02. The summed E-state index contributed by atoms with van der Waals surface area (Å²) in [5, 5.41) is 0. The van der Waals surface area contributed by atoms with Crippen LogP contribution >= 0.6 is 0 Å². The maximum absolute atomic E-state index is 12.9. The molecule has 1 rings (SSSR count). The molecule has 0 aliphatic carbocycles. The van der Waals surface area contributed by atoms with E-state index in [1.54, 1.807) is 14.0 Å². The van der Waals surface area contributed by atoms with Gasteiger partial charge in [-0.3, -0.25) is 9.37 Å². The van der Waals surface area contributed by atoms with E-state index in [0.29, 0.717) is 12.3 Å². The third-order valence-corrected chi connectivity index (χ3v) is 2.28. The monoisotopic (exact) mass is 193 g/mol. The summed E-state index contributed by atoms with van der Waals surface area (Å²) in [7, 11) is 1.59. The van der Waals surface area contributed by atoms with E-state index in [1.807, 2.05) is 6.92 Å². The Morgan fingerprint density at radius 3 is 2.64 bits per heavy atom. The lowest BCUT2D eigenvalue weighted by atomic mass is 9.89. The molecular weight excluding hydrogens is 176 g/mol. The molecule has 1 aromatic heterocycles. The van der Waals surface area contributed by atoms with Gasteiger partial charge in [0.25, 0.3) is 0 Å². The van der Waals surface area contributed by atoms with E-state index in [-0.39, 0.29) is 0 Å². The molecule has 1 unspecified atom stereocenters. The standard InChI is InChI=1S/C11H17BFN/c1-7(2)10-4-8(3)14-6-9(10)5-11(12)13/h4,6-7,11H,5,12H2,1-3H3. The first kappa shape index (κ1) is 11.2. The lowest BCUT2D eigenvalue weighted by Gasteiger charge is -2.13.